The summed E-state index contributed by atoms with van der Waals surface area (Å²) in [5.74, 6) is -0.759. The predicted molar refractivity (Wildman–Crippen MR) is 99.6 cm³/mol. The van der Waals surface area contributed by atoms with Gasteiger partial charge in [-0.2, -0.15) is 0 Å². The molecule has 1 aromatic heterocycles. The van der Waals surface area contributed by atoms with Crippen molar-refractivity contribution in [3.05, 3.63) is 69.9 Å². The maximum atomic E-state index is 12.9. The SMILES string of the molecule is NC(=O)c1cn(CC(=O)N2CCc3ccc([N+](=O)[O-])cc32)c2ccccc12. The van der Waals surface area contributed by atoms with Crippen LogP contribution in [0.4, 0.5) is 11.4 Å². The predicted octanol–water partition coefficient (Wildman–Crippen LogP) is 2.24. The third-order valence-electron chi connectivity index (χ3n) is 4.84. The molecule has 27 heavy (non-hydrogen) atoms. The van der Waals surface area contributed by atoms with E-state index < -0.39 is 10.8 Å². The van der Waals surface area contributed by atoms with Gasteiger partial charge in [-0.1, -0.05) is 24.3 Å². The molecule has 0 spiro atoms. The van der Waals surface area contributed by atoms with Crippen LogP contribution >= 0.6 is 0 Å². The zero-order valence-electron chi connectivity index (χ0n) is 14.3. The third-order valence-corrected chi connectivity index (χ3v) is 4.84. The fourth-order valence-corrected chi connectivity index (χ4v) is 3.55. The van der Waals surface area contributed by atoms with Gasteiger partial charge in [0.25, 0.3) is 11.6 Å². The van der Waals surface area contributed by atoms with Crippen LogP contribution in [0.5, 0.6) is 0 Å². The van der Waals surface area contributed by atoms with Crippen molar-refractivity contribution in [1.82, 2.24) is 4.57 Å². The summed E-state index contributed by atoms with van der Waals surface area (Å²) in [5, 5.41) is 11.7. The Labute approximate surface area is 153 Å². The van der Waals surface area contributed by atoms with Gasteiger partial charge in [0.2, 0.25) is 5.91 Å². The first-order chi connectivity index (χ1) is 13.0. The molecule has 0 unspecified atom stereocenters. The minimum Gasteiger partial charge on any atom is -0.366 e. The summed E-state index contributed by atoms with van der Waals surface area (Å²) in [5.41, 5.74) is 7.97. The van der Waals surface area contributed by atoms with Gasteiger partial charge in [0.05, 0.1) is 16.2 Å². The molecule has 1 aliphatic rings. The number of amides is 2. The van der Waals surface area contributed by atoms with E-state index in [9.17, 15) is 19.7 Å². The smallest absolute Gasteiger partial charge is 0.271 e. The van der Waals surface area contributed by atoms with Gasteiger partial charge in [-0.3, -0.25) is 19.7 Å². The number of nitro benzene ring substituents is 1. The van der Waals surface area contributed by atoms with E-state index in [1.165, 1.54) is 12.1 Å². The number of hydrogen-bond acceptors (Lipinski definition) is 4. The average molecular weight is 364 g/mol. The van der Waals surface area contributed by atoms with Gasteiger partial charge in [0.15, 0.2) is 0 Å². The van der Waals surface area contributed by atoms with Crippen LogP contribution in [0.15, 0.2) is 48.7 Å². The van der Waals surface area contributed by atoms with E-state index in [4.69, 9.17) is 5.73 Å². The molecule has 2 heterocycles. The number of carbonyl (C=O) groups is 2. The van der Waals surface area contributed by atoms with Crippen LogP contribution in [0.2, 0.25) is 0 Å². The van der Waals surface area contributed by atoms with Gasteiger partial charge >= 0.3 is 0 Å². The van der Waals surface area contributed by atoms with Crippen molar-refractivity contribution in [3.8, 4) is 0 Å². The number of fused-ring (bicyclic) bond motifs is 2. The molecule has 3 aromatic rings. The molecule has 0 saturated carbocycles. The van der Waals surface area contributed by atoms with Crippen molar-refractivity contribution in [1.29, 1.82) is 0 Å². The number of benzene rings is 2. The van der Waals surface area contributed by atoms with E-state index in [-0.39, 0.29) is 18.1 Å². The number of nitrogens with two attached hydrogens (primary N) is 1. The Morgan fingerprint density at radius 1 is 1.19 bits per heavy atom. The minimum absolute atomic E-state index is 0.00985. The molecule has 8 nitrogen and oxygen atoms in total. The van der Waals surface area contributed by atoms with Gasteiger partial charge in [-0.15, -0.1) is 0 Å². The molecular weight excluding hydrogens is 348 g/mol. The molecule has 0 fully saturated rings. The van der Waals surface area contributed by atoms with Crippen LogP contribution in [-0.2, 0) is 17.8 Å². The number of rotatable bonds is 4. The van der Waals surface area contributed by atoms with Crippen molar-refractivity contribution in [2.75, 3.05) is 11.4 Å². The number of hydrogen-bond donors (Lipinski definition) is 1. The number of aromatic nitrogens is 1. The summed E-state index contributed by atoms with van der Waals surface area (Å²) in [4.78, 5) is 36.7. The highest BCUT2D eigenvalue weighted by atomic mass is 16.6. The normalized spacial score (nSPS) is 13.0. The maximum Gasteiger partial charge on any atom is 0.271 e. The highest BCUT2D eigenvalue weighted by Gasteiger charge is 2.27. The Bertz CT molecular complexity index is 1100. The lowest BCUT2D eigenvalue weighted by molar-refractivity contribution is -0.384. The topological polar surface area (TPSA) is 111 Å². The minimum atomic E-state index is -0.556. The molecule has 136 valence electrons. The Hall–Kier alpha value is -3.68. The number of carbonyl (C=O) groups excluding carboxylic acids is 2. The number of nitrogens with zero attached hydrogens (tertiary/aromatic N) is 3. The molecule has 8 heteroatoms. The van der Waals surface area contributed by atoms with E-state index >= 15 is 0 Å². The standard InChI is InChI=1S/C19H16N4O4/c20-19(25)15-10-21(16-4-2-1-3-14(15)16)11-18(24)22-8-7-12-5-6-13(23(26)27)9-17(12)22/h1-6,9-10H,7-8,11H2,(H2,20,25). The number of nitro groups is 1. The van der Waals surface area contributed by atoms with Gasteiger partial charge < -0.3 is 15.2 Å². The van der Waals surface area contributed by atoms with Crippen LogP contribution in [0.3, 0.4) is 0 Å². The highest BCUT2D eigenvalue weighted by molar-refractivity contribution is 6.06. The molecule has 0 saturated heterocycles. The molecule has 1 aliphatic heterocycles. The fourth-order valence-electron chi connectivity index (χ4n) is 3.55. The summed E-state index contributed by atoms with van der Waals surface area (Å²) >= 11 is 0. The molecule has 0 aliphatic carbocycles. The quantitative estimate of drug-likeness (QED) is 0.565. The van der Waals surface area contributed by atoms with E-state index in [1.807, 2.05) is 12.1 Å². The largest absolute Gasteiger partial charge is 0.366 e. The van der Waals surface area contributed by atoms with Crippen molar-refractivity contribution in [2.45, 2.75) is 13.0 Å². The molecule has 2 N–H and O–H groups in total. The summed E-state index contributed by atoms with van der Waals surface area (Å²) < 4.78 is 1.69. The highest BCUT2D eigenvalue weighted by Crippen LogP contribution is 2.32. The second kappa shape index (κ2) is 6.24. The van der Waals surface area contributed by atoms with E-state index in [2.05, 4.69) is 0 Å². The Morgan fingerprint density at radius 3 is 2.70 bits per heavy atom. The first-order valence-electron chi connectivity index (χ1n) is 8.41. The molecule has 0 radical (unpaired) electrons. The fraction of sp³-hybridized carbons (Fsp3) is 0.158. The van der Waals surface area contributed by atoms with Gasteiger partial charge in [-0.25, -0.2) is 0 Å². The van der Waals surface area contributed by atoms with E-state index in [1.54, 1.807) is 33.9 Å². The maximum absolute atomic E-state index is 12.9. The lowest BCUT2D eigenvalue weighted by Gasteiger charge is -2.18. The summed E-state index contributed by atoms with van der Waals surface area (Å²) in [6.45, 7) is 0.479. The molecule has 0 bridgehead atoms. The molecule has 0 atom stereocenters. The van der Waals surface area contributed by atoms with Crippen molar-refractivity contribution >= 4 is 34.1 Å². The second-order valence-corrected chi connectivity index (χ2v) is 6.42. The van der Waals surface area contributed by atoms with Crippen LogP contribution in [-0.4, -0.2) is 27.8 Å². The molecule has 2 amide bonds. The lowest BCUT2D eigenvalue weighted by Crippen LogP contribution is -2.32. The van der Waals surface area contributed by atoms with Crippen LogP contribution in [0, 0.1) is 10.1 Å². The number of anilines is 1. The van der Waals surface area contributed by atoms with Crippen molar-refractivity contribution in [2.24, 2.45) is 5.73 Å². The van der Waals surface area contributed by atoms with Crippen LogP contribution in [0.1, 0.15) is 15.9 Å². The van der Waals surface area contributed by atoms with Gasteiger partial charge in [0.1, 0.15) is 6.54 Å². The van der Waals surface area contributed by atoms with Crippen molar-refractivity contribution in [3.63, 3.8) is 0 Å². The Morgan fingerprint density at radius 2 is 1.96 bits per heavy atom. The number of primary amides is 1. The number of para-hydroxylation sites is 1. The second-order valence-electron chi connectivity index (χ2n) is 6.42. The zero-order chi connectivity index (χ0) is 19.1. The summed E-state index contributed by atoms with van der Waals surface area (Å²) in [6, 6.07) is 11.8. The third kappa shape index (κ3) is 2.80. The molecular formula is C19H16N4O4. The van der Waals surface area contributed by atoms with E-state index in [0.29, 0.717) is 29.6 Å². The number of non-ortho nitro benzene ring substituents is 1. The van der Waals surface area contributed by atoms with Crippen molar-refractivity contribution < 1.29 is 14.5 Å². The van der Waals surface area contributed by atoms with Gasteiger partial charge in [0, 0.05) is 35.8 Å². The lowest BCUT2D eigenvalue weighted by atomic mass is 10.1. The molecule has 2 aromatic carbocycles. The van der Waals surface area contributed by atoms with E-state index in [0.717, 1.165) is 11.1 Å². The summed E-state index contributed by atoms with van der Waals surface area (Å²) in [7, 11) is 0. The Kier molecular flexibility index (Phi) is 3.88. The monoisotopic (exact) mass is 364 g/mol. The zero-order valence-corrected chi connectivity index (χ0v) is 14.3. The first kappa shape index (κ1) is 16.8. The Balaban J connectivity index is 1.67. The summed E-state index contributed by atoms with van der Waals surface area (Å²) in [6.07, 6.45) is 2.23. The van der Waals surface area contributed by atoms with Crippen LogP contribution in [0.25, 0.3) is 10.9 Å². The average Bonchev–Trinajstić information content (AvgIpc) is 3.23. The van der Waals surface area contributed by atoms with Crippen LogP contribution < -0.4 is 10.6 Å². The van der Waals surface area contributed by atoms with Gasteiger partial charge in [-0.05, 0) is 18.1 Å². The first-order valence-corrected chi connectivity index (χ1v) is 8.41. The molecule has 4 rings (SSSR count).